The van der Waals surface area contributed by atoms with Crippen molar-refractivity contribution in [3.8, 4) is 0 Å². The third-order valence-electron chi connectivity index (χ3n) is 8.21. The standard InChI is InChI=1S/C36H68N2O6/c1-5-7-9-11-13-15-17-19-21-23-25-27-34(40)43-31-33(36(42)37-29-30-38(4)32(3)39)44-35(41)28-26-24-22-20-18-16-14-12-10-8-6-2/h33H,5-31H2,1-4H3,(H,37,42). The van der Waals surface area contributed by atoms with Crippen molar-refractivity contribution in [2.45, 2.75) is 181 Å². The van der Waals surface area contributed by atoms with E-state index in [0.29, 0.717) is 19.4 Å². The monoisotopic (exact) mass is 625 g/mol. The largest absolute Gasteiger partial charge is 0.461 e. The molecule has 2 amide bonds. The molecule has 44 heavy (non-hydrogen) atoms. The molecule has 0 aliphatic carbocycles. The van der Waals surface area contributed by atoms with Crippen molar-refractivity contribution in [2.75, 3.05) is 26.7 Å². The highest BCUT2D eigenvalue weighted by Crippen LogP contribution is 2.14. The molecule has 0 aliphatic heterocycles. The van der Waals surface area contributed by atoms with E-state index in [1.807, 2.05) is 0 Å². The van der Waals surface area contributed by atoms with Crippen LogP contribution in [0, 0.1) is 0 Å². The second kappa shape index (κ2) is 30.9. The Morgan fingerprint density at radius 2 is 0.977 bits per heavy atom. The zero-order valence-electron chi connectivity index (χ0n) is 29.1. The van der Waals surface area contributed by atoms with Crippen LogP contribution < -0.4 is 5.32 Å². The summed E-state index contributed by atoms with van der Waals surface area (Å²) in [5, 5.41) is 2.70. The maximum absolute atomic E-state index is 12.8. The van der Waals surface area contributed by atoms with Crippen molar-refractivity contribution >= 4 is 23.8 Å². The second-order valence-corrected chi connectivity index (χ2v) is 12.5. The molecule has 8 nitrogen and oxygen atoms in total. The van der Waals surface area contributed by atoms with Gasteiger partial charge in [0, 0.05) is 39.9 Å². The number of amides is 2. The summed E-state index contributed by atoms with van der Waals surface area (Å²) in [5.74, 6) is -1.46. The Labute approximate surface area is 270 Å². The molecule has 0 saturated heterocycles. The van der Waals surface area contributed by atoms with E-state index in [9.17, 15) is 19.2 Å². The molecular weight excluding hydrogens is 556 g/mol. The molecule has 0 saturated carbocycles. The van der Waals surface area contributed by atoms with Gasteiger partial charge in [-0.2, -0.15) is 0 Å². The summed E-state index contributed by atoms with van der Waals surface area (Å²) < 4.78 is 10.8. The molecule has 1 N–H and O–H groups in total. The first-order chi connectivity index (χ1) is 21.3. The lowest BCUT2D eigenvalue weighted by Crippen LogP contribution is -2.44. The van der Waals surface area contributed by atoms with E-state index in [-0.39, 0.29) is 31.4 Å². The van der Waals surface area contributed by atoms with Gasteiger partial charge in [-0.3, -0.25) is 19.2 Å². The number of esters is 2. The smallest absolute Gasteiger partial charge is 0.306 e. The number of carbonyl (C=O) groups is 4. The van der Waals surface area contributed by atoms with Crippen molar-refractivity contribution in [1.29, 1.82) is 0 Å². The van der Waals surface area contributed by atoms with E-state index in [4.69, 9.17) is 9.47 Å². The highest BCUT2D eigenvalue weighted by atomic mass is 16.6. The first-order valence-corrected chi connectivity index (χ1v) is 18.2. The molecular formula is C36H68N2O6. The molecule has 0 aromatic heterocycles. The van der Waals surface area contributed by atoms with Gasteiger partial charge in [0.1, 0.15) is 6.61 Å². The van der Waals surface area contributed by atoms with Gasteiger partial charge in [0.25, 0.3) is 5.91 Å². The van der Waals surface area contributed by atoms with Crippen molar-refractivity contribution in [1.82, 2.24) is 10.2 Å². The predicted octanol–water partition coefficient (Wildman–Crippen LogP) is 8.44. The fraction of sp³-hybridized carbons (Fsp3) is 0.889. The van der Waals surface area contributed by atoms with E-state index < -0.39 is 18.0 Å². The summed E-state index contributed by atoms with van der Waals surface area (Å²) in [7, 11) is 1.65. The fourth-order valence-electron chi connectivity index (χ4n) is 5.11. The molecule has 0 heterocycles. The quantitative estimate of drug-likeness (QED) is 0.0613. The summed E-state index contributed by atoms with van der Waals surface area (Å²) in [6, 6.07) is 0. The van der Waals surface area contributed by atoms with Crippen LogP contribution in [0.4, 0.5) is 0 Å². The van der Waals surface area contributed by atoms with Crippen molar-refractivity contribution in [3.63, 3.8) is 0 Å². The predicted molar refractivity (Wildman–Crippen MR) is 179 cm³/mol. The van der Waals surface area contributed by atoms with Gasteiger partial charge >= 0.3 is 11.9 Å². The summed E-state index contributed by atoms with van der Waals surface area (Å²) in [6.45, 7) is 6.18. The lowest BCUT2D eigenvalue weighted by atomic mass is 10.1. The van der Waals surface area contributed by atoms with Crippen LogP contribution in [0.3, 0.4) is 0 Å². The van der Waals surface area contributed by atoms with Crippen molar-refractivity contribution < 1.29 is 28.7 Å². The fourth-order valence-corrected chi connectivity index (χ4v) is 5.11. The van der Waals surface area contributed by atoms with E-state index >= 15 is 0 Å². The van der Waals surface area contributed by atoms with E-state index in [1.54, 1.807) is 7.05 Å². The van der Waals surface area contributed by atoms with Crippen LogP contribution in [0.5, 0.6) is 0 Å². The highest BCUT2D eigenvalue weighted by molar-refractivity contribution is 5.84. The van der Waals surface area contributed by atoms with Gasteiger partial charge in [0.15, 0.2) is 0 Å². The molecule has 0 fully saturated rings. The van der Waals surface area contributed by atoms with E-state index in [0.717, 1.165) is 32.1 Å². The number of likely N-dealkylation sites (N-methyl/N-ethyl adjacent to an activating group) is 1. The summed E-state index contributed by atoms with van der Waals surface area (Å²) in [4.78, 5) is 50.6. The maximum Gasteiger partial charge on any atom is 0.306 e. The SMILES string of the molecule is CCCCCCCCCCCCCC(=O)OCC(OC(=O)CCCCCCCCCCCCC)C(=O)NCCN(C)C(C)=O. The van der Waals surface area contributed by atoms with Crippen LogP contribution in [0.1, 0.15) is 175 Å². The Morgan fingerprint density at radius 3 is 1.39 bits per heavy atom. The molecule has 0 radical (unpaired) electrons. The first-order valence-electron chi connectivity index (χ1n) is 18.2. The molecule has 0 rings (SSSR count). The number of unbranched alkanes of at least 4 members (excludes halogenated alkanes) is 20. The van der Waals surface area contributed by atoms with Crippen LogP contribution in [0.25, 0.3) is 0 Å². The minimum absolute atomic E-state index is 0.106. The molecule has 0 aromatic rings. The Balaban J connectivity index is 4.33. The normalized spacial score (nSPS) is 11.6. The lowest BCUT2D eigenvalue weighted by Gasteiger charge is -2.19. The van der Waals surface area contributed by atoms with Gasteiger partial charge < -0.3 is 19.7 Å². The molecule has 0 spiro atoms. The van der Waals surface area contributed by atoms with Gasteiger partial charge in [-0.25, -0.2) is 0 Å². The Bertz CT molecular complexity index is 729. The van der Waals surface area contributed by atoms with Gasteiger partial charge in [-0.15, -0.1) is 0 Å². The molecule has 0 bridgehead atoms. The van der Waals surface area contributed by atoms with Crippen LogP contribution in [0.15, 0.2) is 0 Å². The highest BCUT2D eigenvalue weighted by Gasteiger charge is 2.24. The Kier molecular flexibility index (Phi) is 29.4. The molecule has 1 atom stereocenters. The maximum atomic E-state index is 12.8. The molecule has 1 unspecified atom stereocenters. The van der Waals surface area contributed by atoms with Gasteiger partial charge in [-0.05, 0) is 12.8 Å². The van der Waals surface area contributed by atoms with Gasteiger partial charge in [-0.1, -0.05) is 142 Å². The topological polar surface area (TPSA) is 102 Å². The van der Waals surface area contributed by atoms with E-state index in [1.165, 1.54) is 115 Å². The van der Waals surface area contributed by atoms with Crippen molar-refractivity contribution in [3.05, 3.63) is 0 Å². The van der Waals surface area contributed by atoms with Crippen LogP contribution in [-0.4, -0.2) is 61.5 Å². The average molecular weight is 625 g/mol. The van der Waals surface area contributed by atoms with Crippen LogP contribution in [-0.2, 0) is 28.7 Å². The second-order valence-electron chi connectivity index (χ2n) is 12.5. The Hall–Kier alpha value is -2.12. The number of rotatable bonds is 31. The minimum Gasteiger partial charge on any atom is -0.461 e. The third-order valence-corrected chi connectivity index (χ3v) is 8.21. The number of nitrogens with one attached hydrogen (secondary N) is 1. The van der Waals surface area contributed by atoms with Gasteiger partial charge in [0.2, 0.25) is 12.0 Å². The molecule has 258 valence electrons. The summed E-state index contributed by atoms with van der Waals surface area (Å²) in [5.41, 5.74) is 0. The summed E-state index contributed by atoms with van der Waals surface area (Å²) >= 11 is 0. The number of hydrogen-bond acceptors (Lipinski definition) is 6. The zero-order chi connectivity index (χ0) is 32.7. The van der Waals surface area contributed by atoms with E-state index in [2.05, 4.69) is 19.2 Å². The average Bonchev–Trinajstić information content (AvgIpc) is 3.00. The molecule has 0 aromatic carbocycles. The molecule has 0 aliphatic rings. The van der Waals surface area contributed by atoms with Crippen LogP contribution >= 0.6 is 0 Å². The number of carbonyl (C=O) groups excluding carboxylic acids is 4. The third kappa shape index (κ3) is 27.4. The minimum atomic E-state index is -1.20. The van der Waals surface area contributed by atoms with Crippen LogP contribution in [0.2, 0.25) is 0 Å². The zero-order valence-corrected chi connectivity index (χ0v) is 29.1. The van der Waals surface area contributed by atoms with Crippen molar-refractivity contribution in [2.24, 2.45) is 0 Å². The summed E-state index contributed by atoms with van der Waals surface area (Å²) in [6.07, 6.45) is 25.6. The first kappa shape index (κ1) is 41.9. The number of hydrogen-bond donors (Lipinski definition) is 1. The lowest BCUT2D eigenvalue weighted by molar-refractivity contribution is -0.164. The number of nitrogens with zero attached hydrogens (tertiary/aromatic N) is 1. The van der Waals surface area contributed by atoms with Gasteiger partial charge in [0.05, 0.1) is 0 Å². The molecule has 8 heteroatoms. The number of ether oxygens (including phenoxy) is 2. The Morgan fingerprint density at radius 1 is 0.591 bits per heavy atom.